The molecule has 2 aliphatic heterocycles. The minimum absolute atomic E-state index is 0.0335. The minimum Gasteiger partial charge on any atom is -0.455 e. The first-order valence-electron chi connectivity index (χ1n) is 31.4. The number of furan rings is 1. The number of para-hydroxylation sites is 5. The smallest absolute Gasteiger partial charge is 0.151 e. The van der Waals surface area contributed by atoms with Crippen molar-refractivity contribution in [1.29, 1.82) is 0 Å². The number of aryl methyl sites for hydroxylation is 2. The van der Waals surface area contributed by atoms with Crippen LogP contribution in [0.1, 0.15) is 139 Å². The van der Waals surface area contributed by atoms with Crippen LogP contribution in [0.4, 0.5) is 51.2 Å². The number of hydrogen-bond donors (Lipinski definition) is 0. The van der Waals surface area contributed by atoms with Crippen LogP contribution in [0.5, 0.6) is 11.5 Å². The molecule has 1 aliphatic carbocycles. The monoisotopic (exact) mass is 1150 g/mol. The van der Waals surface area contributed by atoms with E-state index in [1.165, 1.54) is 44.5 Å². The fourth-order valence-electron chi connectivity index (χ4n) is 14.7. The number of benzene rings is 11. The highest BCUT2D eigenvalue weighted by atomic mass is 16.5. The van der Waals surface area contributed by atoms with E-state index in [1.807, 2.05) is 0 Å². The topological polar surface area (TPSA) is 32.1 Å². The first-order valence-corrected chi connectivity index (χ1v) is 31.4. The van der Waals surface area contributed by atoms with Crippen molar-refractivity contribution < 1.29 is 9.15 Å². The summed E-state index contributed by atoms with van der Waals surface area (Å²) in [7, 11) is 0. The first-order chi connectivity index (χ1) is 42.0. The third-order valence-electron chi connectivity index (χ3n) is 19.3. The van der Waals surface area contributed by atoms with Crippen LogP contribution in [0.15, 0.2) is 217 Å². The van der Waals surface area contributed by atoms with Crippen LogP contribution in [-0.2, 0) is 27.1 Å². The van der Waals surface area contributed by atoms with E-state index in [0.29, 0.717) is 0 Å². The second-order valence-corrected chi connectivity index (χ2v) is 29.1. The summed E-state index contributed by atoms with van der Waals surface area (Å²) in [5.41, 5.74) is 24.7. The van der Waals surface area contributed by atoms with Gasteiger partial charge in [-0.05, 0) is 181 Å². The maximum absolute atomic E-state index is 7.69. The van der Waals surface area contributed by atoms with Crippen LogP contribution in [0.25, 0.3) is 43.8 Å². The molecule has 5 nitrogen and oxygen atoms in total. The summed E-state index contributed by atoms with van der Waals surface area (Å²) in [6.07, 6.45) is 0. The van der Waals surface area contributed by atoms with Gasteiger partial charge >= 0.3 is 0 Å². The predicted octanol–water partition coefficient (Wildman–Crippen LogP) is 23.7. The van der Waals surface area contributed by atoms with Gasteiger partial charge in [0, 0.05) is 39.1 Å². The lowest BCUT2D eigenvalue weighted by atomic mass is 9.64. The lowest BCUT2D eigenvalue weighted by Crippen LogP contribution is -2.37. The lowest BCUT2D eigenvalue weighted by Gasteiger charge is -2.47. The first kappa shape index (κ1) is 55.3. The molecule has 1 atom stereocenters. The predicted molar refractivity (Wildman–Crippen MR) is 370 cm³/mol. The number of nitrogens with zero attached hydrogens (tertiary/aromatic N) is 3. The summed E-state index contributed by atoms with van der Waals surface area (Å²) >= 11 is 0. The molecule has 0 bridgehead atoms. The third kappa shape index (κ3) is 8.25. The summed E-state index contributed by atoms with van der Waals surface area (Å²) in [5, 5.41) is 4.43. The lowest BCUT2D eigenvalue weighted by molar-refractivity contribution is 0.473. The van der Waals surface area contributed by atoms with Gasteiger partial charge in [0.1, 0.15) is 11.2 Å². The van der Waals surface area contributed by atoms with Crippen LogP contribution in [0.3, 0.4) is 0 Å². The maximum Gasteiger partial charge on any atom is 0.151 e. The zero-order chi connectivity index (χ0) is 61.1. The molecule has 15 rings (SSSR count). The van der Waals surface area contributed by atoms with E-state index in [0.717, 1.165) is 118 Å². The van der Waals surface area contributed by atoms with Crippen molar-refractivity contribution in [3.63, 3.8) is 0 Å². The van der Waals surface area contributed by atoms with Crippen molar-refractivity contribution in [3.8, 4) is 22.6 Å². The van der Waals surface area contributed by atoms with Gasteiger partial charge in [0.2, 0.25) is 0 Å². The van der Waals surface area contributed by atoms with Crippen LogP contribution in [0.2, 0.25) is 0 Å². The van der Waals surface area contributed by atoms with E-state index < -0.39 is 5.41 Å². The van der Waals surface area contributed by atoms with E-state index in [-0.39, 0.29) is 21.7 Å². The van der Waals surface area contributed by atoms with Gasteiger partial charge in [-0.3, -0.25) is 0 Å². The Morgan fingerprint density at radius 2 is 0.830 bits per heavy atom. The summed E-state index contributed by atoms with van der Waals surface area (Å²) < 4.78 is 14.8. The van der Waals surface area contributed by atoms with E-state index >= 15 is 0 Å². The summed E-state index contributed by atoms with van der Waals surface area (Å²) in [6, 6.07) is 80.2. The van der Waals surface area contributed by atoms with Gasteiger partial charge in [-0.25, -0.2) is 0 Å². The van der Waals surface area contributed by atoms with Crippen LogP contribution in [0, 0.1) is 13.8 Å². The summed E-state index contributed by atoms with van der Waals surface area (Å²) in [6.45, 7) is 32.2. The SMILES string of the molecule is Cc1cc(C(C)(C)C)ccc1N(c1ccc(C(C)(C)C)cc1)c1cc2c(c3ccccc13)-c1c(cc(N(c3ccc(C(C)(C)C)cc3)c3ccc(C(C)(C)C)cc3C)c3c1oc1ccccc13)C21c2ccccc2N2c3ccccc3Oc3cccc1c32. The molecule has 11 aromatic carbocycles. The Kier molecular flexibility index (Phi) is 12.1. The summed E-state index contributed by atoms with van der Waals surface area (Å²) in [5.74, 6) is 1.64. The fourth-order valence-corrected chi connectivity index (χ4v) is 14.7. The quantitative estimate of drug-likeness (QED) is 0.166. The second-order valence-electron chi connectivity index (χ2n) is 29.1. The third-order valence-corrected chi connectivity index (χ3v) is 19.3. The molecular weight excluding hydrogens is 1070 g/mol. The Balaban J connectivity index is 1.13. The molecule has 12 aromatic rings. The highest BCUT2D eigenvalue weighted by Crippen LogP contribution is 2.70. The van der Waals surface area contributed by atoms with Gasteiger partial charge in [0.25, 0.3) is 0 Å². The van der Waals surface area contributed by atoms with Crippen molar-refractivity contribution in [2.75, 3.05) is 14.7 Å². The zero-order valence-electron chi connectivity index (χ0n) is 53.4. The molecule has 5 heteroatoms. The number of fused-ring (bicyclic) bond motifs is 17. The zero-order valence-corrected chi connectivity index (χ0v) is 53.4. The minimum atomic E-state index is -0.959. The highest BCUT2D eigenvalue weighted by Gasteiger charge is 2.56. The van der Waals surface area contributed by atoms with Crippen molar-refractivity contribution >= 4 is 83.9 Å². The molecule has 3 heterocycles. The molecule has 1 aromatic heterocycles. The number of ether oxygens (including phenoxy) is 1. The van der Waals surface area contributed by atoms with E-state index in [2.05, 4.69) is 324 Å². The average molecular weight is 1150 g/mol. The van der Waals surface area contributed by atoms with Gasteiger partial charge in [-0.15, -0.1) is 0 Å². The molecule has 3 aliphatic rings. The molecule has 0 radical (unpaired) electrons. The largest absolute Gasteiger partial charge is 0.455 e. The van der Waals surface area contributed by atoms with Crippen molar-refractivity contribution in [3.05, 3.63) is 268 Å². The Morgan fingerprint density at radius 1 is 0.364 bits per heavy atom. The van der Waals surface area contributed by atoms with Gasteiger partial charge in [0.15, 0.2) is 11.5 Å². The average Bonchev–Trinajstić information content (AvgIpc) is 1.43. The molecule has 0 saturated carbocycles. The maximum atomic E-state index is 7.69. The highest BCUT2D eigenvalue weighted by molar-refractivity contribution is 6.23. The number of hydrogen-bond acceptors (Lipinski definition) is 5. The second kappa shape index (κ2) is 19.3. The summed E-state index contributed by atoms with van der Waals surface area (Å²) in [4.78, 5) is 7.55. The van der Waals surface area contributed by atoms with Gasteiger partial charge in [-0.1, -0.05) is 217 Å². The molecule has 436 valence electrons. The van der Waals surface area contributed by atoms with E-state index in [4.69, 9.17) is 9.15 Å². The molecular formula is C83H77N3O2. The van der Waals surface area contributed by atoms with Crippen molar-refractivity contribution in [2.45, 2.75) is 124 Å². The molecule has 88 heavy (non-hydrogen) atoms. The molecule has 0 fully saturated rings. The molecule has 0 N–H and O–H groups in total. The fraction of sp³-hybridized carbons (Fsp3) is 0.229. The van der Waals surface area contributed by atoms with E-state index in [1.54, 1.807) is 0 Å². The Bertz CT molecular complexity index is 4840. The van der Waals surface area contributed by atoms with Crippen LogP contribution >= 0.6 is 0 Å². The van der Waals surface area contributed by atoms with E-state index in [9.17, 15) is 0 Å². The molecule has 0 saturated heterocycles. The number of anilines is 9. The van der Waals surface area contributed by atoms with Gasteiger partial charge < -0.3 is 23.9 Å². The van der Waals surface area contributed by atoms with Gasteiger partial charge in [-0.2, -0.15) is 0 Å². The molecule has 0 amide bonds. The number of rotatable bonds is 6. The van der Waals surface area contributed by atoms with Crippen LogP contribution in [-0.4, -0.2) is 0 Å². The van der Waals surface area contributed by atoms with Crippen LogP contribution < -0.4 is 19.4 Å². The Labute approximate surface area is 519 Å². The van der Waals surface area contributed by atoms with Crippen molar-refractivity contribution in [1.82, 2.24) is 0 Å². The molecule has 1 spiro atoms. The normalized spacial score (nSPS) is 15.0. The Hall–Kier alpha value is -9.32. The Morgan fingerprint density at radius 3 is 1.42 bits per heavy atom. The molecule has 1 unspecified atom stereocenters. The van der Waals surface area contributed by atoms with Gasteiger partial charge in [0.05, 0.1) is 39.2 Å². The standard InChI is InChI=1S/C83H77N3O2/c1-50-46-54(81(9,10)11)38-44-65(50)84(56-40-34-52(35-41-56)79(3,4)5)69-48-63-74(59-25-16-15-24-58(59)69)76-64(83(63)61-27-18-19-29-67(61)86-68-30-20-22-32-72(68)87-73-33-23-28-62(83)77(73)86)49-70(75-60-26-17-21-31-71(60)88-78(75)76)85(57-42-36-53(37-43-57)80(6,7)8)66-45-39-55(47-51(66)2)82(12,13)14/h15-49H,1-14H3. The van der Waals surface area contributed by atoms with Crippen molar-refractivity contribution in [2.24, 2.45) is 0 Å².